The van der Waals surface area contributed by atoms with E-state index in [9.17, 15) is 4.79 Å². The normalized spacial score (nSPS) is 25.6. The molecule has 2 aliphatic rings. The highest BCUT2D eigenvalue weighted by Gasteiger charge is 2.39. The van der Waals surface area contributed by atoms with Gasteiger partial charge in [-0.25, -0.2) is 0 Å². The number of alkyl halides is 2. The average molecular weight is 391 g/mol. The maximum atomic E-state index is 10.3. The second-order valence-corrected chi connectivity index (χ2v) is 9.86. The van der Waals surface area contributed by atoms with E-state index in [2.05, 4.69) is 0 Å². The molecule has 3 unspecified atom stereocenters. The summed E-state index contributed by atoms with van der Waals surface area (Å²) in [7, 11) is 0. The number of unbranched alkanes of at least 4 members (excludes halogenated alkanes) is 7. The summed E-state index contributed by atoms with van der Waals surface area (Å²) >= 11 is 12.8. The van der Waals surface area contributed by atoms with Gasteiger partial charge in [0.15, 0.2) is 0 Å². The lowest BCUT2D eigenvalue weighted by Crippen LogP contribution is -2.20. The molecule has 0 saturated heterocycles. The predicted molar refractivity (Wildman–Crippen MR) is 106 cm³/mol. The van der Waals surface area contributed by atoms with Gasteiger partial charge in [0.25, 0.3) is 0 Å². The molecule has 3 atom stereocenters. The van der Waals surface area contributed by atoms with Gasteiger partial charge in [-0.15, -0.1) is 23.2 Å². The van der Waals surface area contributed by atoms with Crippen molar-refractivity contribution in [1.82, 2.24) is 0 Å². The second kappa shape index (κ2) is 11.8. The number of fused-ring (bicyclic) bond motifs is 2. The van der Waals surface area contributed by atoms with E-state index in [1.807, 2.05) is 0 Å². The van der Waals surface area contributed by atoms with E-state index in [0.717, 1.165) is 63.3 Å². The Morgan fingerprint density at radius 2 is 1.56 bits per heavy atom. The number of hydrogen-bond acceptors (Lipinski definition) is 2. The monoisotopic (exact) mass is 390 g/mol. The van der Waals surface area contributed by atoms with Crippen molar-refractivity contribution in [2.24, 2.45) is 11.8 Å². The summed E-state index contributed by atoms with van der Waals surface area (Å²) < 4.78 is 5.53. The number of rotatable bonds is 15. The largest absolute Gasteiger partial charge is 0.378 e. The molecule has 0 radical (unpaired) electrons. The van der Waals surface area contributed by atoms with Crippen molar-refractivity contribution >= 4 is 29.5 Å². The van der Waals surface area contributed by atoms with Gasteiger partial charge in [-0.05, 0) is 63.2 Å². The highest BCUT2D eigenvalue weighted by atomic mass is 35.5. The lowest BCUT2D eigenvalue weighted by Gasteiger charge is -2.22. The van der Waals surface area contributed by atoms with Gasteiger partial charge in [0.05, 0.1) is 6.10 Å². The summed E-state index contributed by atoms with van der Waals surface area (Å²) in [5.74, 6) is 1.86. The zero-order valence-corrected chi connectivity index (χ0v) is 17.2. The SMILES string of the molecule is O=CCCCCCC(Cl)(Cl)CCCCCCCOC1CC2CCC1C2. The average Bonchev–Trinajstić information content (AvgIpc) is 3.20. The van der Waals surface area contributed by atoms with Crippen LogP contribution in [0.2, 0.25) is 0 Å². The molecule has 0 aromatic rings. The Kier molecular flexibility index (Phi) is 10.2. The van der Waals surface area contributed by atoms with Gasteiger partial charge in [-0.1, -0.05) is 38.5 Å². The van der Waals surface area contributed by atoms with Crippen LogP contribution in [0.5, 0.6) is 0 Å². The first-order valence-corrected chi connectivity index (χ1v) is 11.3. The first-order chi connectivity index (χ1) is 12.1. The van der Waals surface area contributed by atoms with E-state index in [0.29, 0.717) is 12.5 Å². The van der Waals surface area contributed by atoms with Crippen molar-refractivity contribution in [3.05, 3.63) is 0 Å². The van der Waals surface area contributed by atoms with E-state index < -0.39 is 4.33 Å². The molecule has 0 aliphatic heterocycles. The molecule has 2 nitrogen and oxygen atoms in total. The van der Waals surface area contributed by atoms with Crippen LogP contribution in [-0.2, 0) is 9.53 Å². The van der Waals surface area contributed by atoms with Crippen LogP contribution in [0.1, 0.15) is 96.3 Å². The van der Waals surface area contributed by atoms with Crippen molar-refractivity contribution in [3.63, 3.8) is 0 Å². The number of ether oxygens (including phenoxy) is 1. The lowest BCUT2D eigenvalue weighted by molar-refractivity contribution is -0.107. The van der Waals surface area contributed by atoms with E-state index >= 15 is 0 Å². The first kappa shape index (κ1) is 21.5. The molecular formula is C21H36Cl2O2. The molecule has 146 valence electrons. The van der Waals surface area contributed by atoms with Crippen LogP contribution < -0.4 is 0 Å². The minimum atomic E-state index is -0.577. The Morgan fingerprint density at radius 1 is 0.880 bits per heavy atom. The number of hydrogen-bond donors (Lipinski definition) is 0. The molecule has 2 saturated carbocycles. The van der Waals surface area contributed by atoms with Crippen LogP contribution in [0.15, 0.2) is 0 Å². The van der Waals surface area contributed by atoms with E-state index in [1.165, 1.54) is 51.4 Å². The molecule has 0 spiro atoms. The Bertz CT molecular complexity index is 373. The van der Waals surface area contributed by atoms with Crippen molar-refractivity contribution in [2.75, 3.05) is 6.61 Å². The molecule has 0 aromatic carbocycles. The third-order valence-electron chi connectivity index (χ3n) is 6.06. The Balaban J connectivity index is 1.37. The van der Waals surface area contributed by atoms with Crippen molar-refractivity contribution in [3.8, 4) is 0 Å². The fourth-order valence-electron chi connectivity index (χ4n) is 4.55. The second-order valence-electron chi connectivity index (χ2n) is 8.22. The maximum Gasteiger partial charge on any atom is 0.119 e. The van der Waals surface area contributed by atoms with E-state index in [-0.39, 0.29) is 0 Å². The van der Waals surface area contributed by atoms with Gasteiger partial charge < -0.3 is 9.53 Å². The number of carbonyl (C=O) groups is 1. The van der Waals surface area contributed by atoms with Gasteiger partial charge in [-0.3, -0.25) is 0 Å². The van der Waals surface area contributed by atoms with Crippen LogP contribution >= 0.6 is 23.2 Å². The van der Waals surface area contributed by atoms with Crippen LogP contribution in [0.3, 0.4) is 0 Å². The molecule has 2 aliphatic carbocycles. The van der Waals surface area contributed by atoms with E-state index in [4.69, 9.17) is 27.9 Å². The third kappa shape index (κ3) is 8.63. The molecule has 2 rings (SSSR count). The minimum Gasteiger partial charge on any atom is -0.378 e. The van der Waals surface area contributed by atoms with Gasteiger partial charge in [0.1, 0.15) is 10.6 Å². The number of halogens is 2. The Morgan fingerprint density at radius 3 is 2.20 bits per heavy atom. The standard InChI is InChI=1S/C21H36Cl2O2/c22-21(23,13-7-3-4-8-14-24)12-6-2-1-5-9-15-25-20-17-18-10-11-19(20)16-18/h14,18-20H,1-13,15-17H2. The molecule has 25 heavy (non-hydrogen) atoms. The topological polar surface area (TPSA) is 26.3 Å². The molecule has 2 fully saturated rings. The van der Waals surface area contributed by atoms with E-state index in [1.54, 1.807) is 0 Å². The summed E-state index contributed by atoms with van der Waals surface area (Å²) in [6.45, 7) is 0.948. The maximum absolute atomic E-state index is 10.3. The summed E-state index contributed by atoms with van der Waals surface area (Å²) in [5.41, 5.74) is 0. The summed E-state index contributed by atoms with van der Waals surface area (Å²) in [4.78, 5) is 10.3. The lowest BCUT2D eigenvalue weighted by atomic mass is 9.98. The Labute approximate surface area is 164 Å². The van der Waals surface area contributed by atoms with Gasteiger partial charge >= 0.3 is 0 Å². The summed E-state index contributed by atoms with van der Waals surface area (Å²) in [6, 6.07) is 0. The first-order valence-electron chi connectivity index (χ1n) is 10.5. The molecular weight excluding hydrogens is 355 g/mol. The zero-order valence-electron chi connectivity index (χ0n) is 15.7. The fraction of sp³-hybridized carbons (Fsp3) is 0.952. The van der Waals surface area contributed by atoms with Gasteiger partial charge in [-0.2, -0.15) is 0 Å². The smallest absolute Gasteiger partial charge is 0.119 e. The predicted octanol–water partition coefficient (Wildman–Crippen LogP) is 6.86. The summed E-state index contributed by atoms with van der Waals surface area (Å²) in [5, 5.41) is 0. The van der Waals surface area contributed by atoms with Gasteiger partial charge in [0.2, 0.25) is 0 Å². The van der Waals surface area contributed by atoms with Crippen LogP contribution in [0, 0.1) is 11.8 Å². The molecule has 0 N–H and O–H groups in total. The van der Waals surface area contributed by atoms with Gasteiger partial charge in [0, 0.05) is 13.0 Å². The molecule has 0 heterocycles. The minimum absolute atomic E-state index is 0.577. The van der Waals surface area contributed by atoms with Crippen LogP contribution in [0.4, 0.5) is 0 Å². The Hall–Kier alpha value is 0.210. The molecule has 0 amide bonds. The third-order valence-corrected chi connectivity index (χ3v) is 6.81. The highest BCUT2D eigenvalue weighted by molar-refractivity contribution is 6.48. The van der Waals surface area contributed by atoms with Crippen LogP contribution in [-0.4, -0.2) is 23.3 Å². The van der Waals surface area contributed by atoms with Crippen molar-refractivity contribution in [2.45, 2.75) is 107 Å². The molecule has 2 bridgehead atoms. The van der Waals surface area contributed by atoms with Crippen molar-refractivity contribution < 1.29 is 9.53 Å². The fourth-order valence-corrected chi connectivity index (χ4v) is 5.09. The zero-order chi connectivity index (χ0) is 18.0. The number of carbonyl (C=O) groups excluding carboxylic acids is 1. The summed E-state index contributed by atoms with van der Waals surface area (Å²) in [6.07, 6.45) is 18.6. The van der Waals surface area contributed by atoms with Crippen LogP contribution in [0.25, 0.3) is 0 Å². The highest BCUT2D eigenvalue weighted by Crippen LogP contribution is 2.45. The number of aldehydes is 1. The van der Waals surface area contributed by atoms with Crippen molar-refractivity contribution in [1.29, 1.82) is 0 Å². The quantitative estimate of drug-likeness (QED) is 0.173. The molecule has 4 heteroatoms. The molecule has 0 aromatic heterocycles.